The van der Waals surface area contributed by atoms with Crippen molar-refractivity contribution in [1.29, 1.82) is 0 Å². The van der Waals surface area contributed by atoms with Gasteiger partial charge in [-0.05, 0) is 25.1 Å². The number of aromatic nitrogens is 2. The zero-order valence-electron chi connectivity index (χ0n) is 8.56. The quantitative estimate of drug-likeness (QED) is 0.924. The fourth-order valence-electron chi connectivity index (χ4n) is 1.50. The summed E-state index contributed by atoms with van der Waals surface area (Å²) in [5.41, 5.74) is 1.62. The second kappa shape index (κ2) is 4.57. The van der Waals surface area contributed by atoms with Crippen molar-refractivity contribution in [2.75, 3.05) is 0 Å². The predicted molar refractivity (Wildman–Crippen MR) is 66.9 cm³/mol. The van der Waals surface area contributed by atoms with Crippen LogP contribution in [0.4, 0.5) is 0 Å². The van der Waals surface area contributed by atoms with Crippen LogP contribution in [0.5, 0.6) is 0 Å². The monoisotopic (exact) mass is 300 g/mol. The second-order valence-corrected chi connectivity index (χ2v) is 4.83. The molecule has 1 atom stereocenters. The summed E-state index contributed by atoms with van der Waals surface area (Å²) in [6.07, 6.45) is 2.71. The fourth-order valence-corrected chi connectivity index (χ4v) is 2.02. The van der Waals surface area contributed by atoms with Crippen LogP contribution in [0.1, 0.15) is 18.6 Å². The molecule has 0 fully saturated rings. The average Bonchev–Trinajstić information content (AvgIpc) is 2.64. The van der Waals surface area contributed by atoms with E-state index in [4.69, 9.17) is 11.6 Å². The highest BCUT2D eigenvalue weighted by Crippen LogP contribution is 2.25. The third kappa shape index (κ3) is 2.29. The van der Waals surface area contributed by atoms with Gasteiger partial charge in [0, 0.05) is 16.2 Å². The van der Waals surface area contributed by atoms with Gasteiger partial charge in [0.15, 0.2) is 0 Å². The molecule has 1 heterocycles. The lowest BCUT2D eigenvalue weighted by molar-refractivity contribution is 0.199. The van der Waals surface area contributed by atoms with Crippen LogP contribution < -0.4 is 0 Å². The first kappa shape index (κ1) is 11.6. The van der Waals surface area contributed by atoms with Crippen molar-refractivity contribution in [2.24, 2.45) is 0 Å². The standard InChI is InChI=1S/C11H10BrClN2O/c1-7(16)10-4-8(12)2-3-11(10)15-6-9(13)5-14-15/h2-7,16H,1H3. The first-order valence-electron chi connectivity index (χ1n) is 4.76. The van der Waals surface area contributed by atoms with Gasteiger partial charge < -0.3 is 5.11 Å². The van der Waals surface area contributed by atoms with Gasteiger partial charge in [-0.2, -0.15) is 5.10 Å². The Hall–Kier alpha value is -0.840. The Morgan fingerprint density at radius 1 is 1.50 bits per heavy atom. The van der Waals surface area contributed by atoms with Crippen LogP contribution in [0.2, 0.25) is 5.02 Å². The number of rotatable bonds is 2. The van der Waals surface area contributed by atoms with E-state index in [0.717, 1.165) is 15.7 Å². The maximum Gasteiger partial charge on any atom is 0.0790 e. The lowest BCUT2D eigenvalue weighted by atomic mass is 10.1. The van der Waals surface area contributed by atoms with Crippen molar-refractivity contribution in [3.8, 4) is 5.69 Å². The van der Waals surface area contributed by atoms with Crippen LogP contribution in [0.15, 0.2) is 35.1 Å². The molecule has 0 aliphatic heterocycles. The number of hydrogen-bond acceptors (Lipinski definition) is 2. The number of aliphatic hydroxyl groups excluding tert-OH is 1. The van der Waals surface area contributed by atoms with Gasteiger partial charge in [-0.25, -0.2) is 4.68 Å². The summed E-state index contributed by atoms with van der Waals surface area (Å²) < 4.78 is 2.57. The summed E-state index contributed by atoms with van der Waals surface area (Å²) in [5.74, 6) is 0. The Bertz CT molecular complexity index is 510. The van der Waals surface area contributed by atoms with E-state index in [9.17, 15) is 5.11 Å². The number of hydrogen-bond donors (Lipinski definition) is 1. The number of halogens is 2. The molecule has 0 bridgehead atoms. The topological polar surface area (TPSA) is 38.0 Å². The van der Waals surface area contributed by atoms with Crippen molar-refractivity contribution in [2.45, 2.75) is 13.0 Å². The Labute approximate surface area is 107 Å². The Kier molecular flexibility index (Phi) is 3.33. The highest BCUT2D eigenvalue weighted by Gasteiger charge is 2.11. The largest absolute Gasteiger partial charge is 0.389 e. The molecule has 84 valence electrons. The summed E-state index contributed by atoms with van der Waals surface area (Å²) in [4.78, 5) is 0. The van der Waals surface area contributed by atoms with Gasteiger partial charge in [-0.15, -0.1) is 0 Å². The van der Waals surface area contributed by atoms with Crippen molar-refractivity contribution < 1.29 is 5.11 Å². The molecule has 0 amide bonds. The first-order chi connectivity index (χ1) is 7.58. The van der Waals surface area contributed by atoms with Crippen LogP contribution in [-0.4, -0.2) is 14.9 Å². The molecule has 0 aliphatic rings. The van der Waals surface area contributed by atoms with Gasteiger partial charge in [0.2, 0.25) is 0 Å². The molecule has 1 N–H and O–H groups in total. The van der Waals surface area contributed by atoms with E-state index in [1.165, 1.54) is 0 Å². The smallest absolute Gasteiger partial charge is 0.0790 e. The molecule has 2 aromatic rings. The zero-order chi connectivity index (χ0) is 11.7. The third-order valence-corrected chi connectivity index (χ3v) is 2.93. The van der Waals surface area contributed by atoms with Crippen LogP contribution in [0.25, 0.3) is 5.69 Å². The van der Waals surface area contributed by atoms with Crippen LogP contribution in [0.3, 0.4) is 0 Å². The molecule has 2 rings (SSSR count). The Morgan fingerprint density at radius 2 is 2.25 bits per heavy atom. The van der Waals surface area contributed by atoms with Gasteiger partial charge in [-0.3, -0.25) is 0 Å². The summed E-state index contributed by atoms with van der Waals surface area (Å²) in [5, 5.41) is 14.4. The summed E-state index contributed by atoms with van der Waals surface area (Å²) in [6.45, 7) is 1.72. The van der Waals surface area contributed by atoms with Crippen LogP contribution >= 0.6 is 27.5 Å². The zero-order valence-corrected chi connectivity index (χ0v) is 10.9. The molecule has 0 saturated heterocycles. The molecule has 16 heavy (non-hydrogen) atoms. The molecule has 5 heteroatoms. The van der Waals surface area contributed by atoms with E-state index in [0.29, 0.717) is 5.02 Å². The van der Waals surface area contributed by atoms with Gasteiger partial charge in [0.05, 0.1) is 23.0 Å². The Morgan fingerprint density at radius 3 is 2.81 bits per heavy atom. The minimum atomic E-state index is -0.560. The molecule has 1 aromatic heterocycles. The van der Waals surface area contributed by atoms with Crippen molar-refractivity contribution in [3.05, 3.63) is 45.7 Å². The highest BCUT2D eigenvalue weighted by atomic mass is 79.9. The average molecular weight is 302 g/mol. The lowest BCUT2D eigenvalue weighted by Crippen LogP contribution is -2.02. The number of aliphatic hydroxyl groups is 1. The SMILES string of the molecule is CC(O)c1cc(Br)ccc1-n1cc(Cl)cn1. The van der Waals surface area contributed by atoms with Gasteiger partial charge in [0.1, 0.15) is 0 Å². The lowest BCUT2D eigenvalue weighted by Gasteiger charge is -2.12. The van der Waals surface area contributed by atoms with Crippen molar-refractivity contribution in [3.63, 3.8) is 0 Å². The maximum absolute atomic E-state index is 9.70. The third-order valence-electron chi connectivity index (χ3n) is 2.24. The summed E-state index contributed by atoms with van der Waals surface area (Å²) in [6, 6.07) is 5.65. The normalized spacial score (nSPS) is 12.8. The molecular weight excluding hydrogens is 291 g/mol. The van der Waals surface area contributed by atoms with Crippen molar-refractivity contribution in [1.82, 2.24) is 9.78 Å². The second-order valence-electron chi connectivity index (χ2n) is 3.48. The van der Waals surface area contributed by atoms with E-state index in [1.807, 2.05) is 18.2 Å². The molecule has 0 spiro atoms. The Balaban J connectivity index is 2.56. The first-order valence-corrected chi connectivity index (χ1v) is 5.93. The number of nitrogens with zero attached hydrogens (tertiary/aromatic N) is 2. The molecule has 1 aromatic carbocycles. The van der Waals surface area contributed by atoms with E-state index in [-0.39, 0.29) is 0 Å². The fraction of sp³-hybridized carbons (Fsp3) is 0.182. The minimum absolute atomic E-state index is 0.560. The van der Waals surface area contributed by atoms with E-state index >= 15 is 0 Å². The molecule has 0 aliphatic carbocycles. The van der Waals surface area contributed by atoms with Gasteiger partial charge in [-0.1, -0.05) is 27.5 Å². The predicted octanol–water partition coefficient (Wildman–Crippen LogP) is 3.34. The maximum atomic E-state index is 9.70. The summed E-state index contributed by atoms with van der Waals surface area (Å²) >= 11 is 9.19. The molecular formula is C11H10BrClN2O. The van der Waals surface area contributed by atoms with Crippen molar-refractivity contribution >= 4 is 27.5 Å². The molecule has 0 radical (unpaired) electrons. The highest BCUT2D eigenvalue weighted by molar-refractivity contribution is 9.10. The van der Waals surface area contributed by atoms with E-state index in [2.05, 4.69) is 21.0 Å². The van der Waals surface area contributed by atoms with Gasteiger partial charge in [0.25, 0.3) is 0 Å². The molecule has 1 unspecified atom stereocenters. The number of benzene rings is 1. The van der Waals surface area contributed by atoms with Crippen LogP contribution in [0, 0.1) is 0 Å². The van der Waals surface area contributed by atoms with E-state index in [1.54, 1.807) is 24.0 Å². The van der Waals surface area contributed by atoms with Gasteiger partial charge >= 0.3 is 0 Å². The summed E-state index contributed by atoms with van der Waals surface area (Å²) in [7, 11) is 0. The molecule has 3 nitrogen and oxygen atoms in total. The molecule has 0 saturated carbocycles. The van der Waals surface area contributed by atoms with Crippen LogP contribution in [-0.2, 0) is 0 Å². The van der Waals surface area contributed by atoms with E-state index < -0.39 is 6.10 Å². The minimum Gasteiger partial charge on any atom is -0.389 e.